The topological polar surface area (TPSA) is 83.0 Å². The molecule has 2 N–H and O–H groups in total. The van der Waals surface area contributed by atoms with Gasteiger partial charge >= 0.3 is 0 Å². The predicted octanol–water partition coefficient (Wildman–Crippen LogP) is 3.62. The number of aryl methyl sites for hydroxylation is 2. The summed E-state index contributed by atoms with van der Waals surface area (Å²) in [6.45, 7) is 2.30. The molecule has 0 aliphatic carbocycles. The largest absolute Gasteiger partial charge is 0.489 e. The Labute approximate surface area is 162 Å². The first-order valence-corrected chi connectivity index (χ1v) is 8.91. The second-order valence-corrected chi connectivity index (χ2v) is 6.72. The van der Waals surface area contributed by atoms with Gasteiger partial charge in [-0.1, -0.05) is 6.07 Å². The van der Waals surface area contributed by atoms with E-state index in [0.717, 1.165) is 39.0 Å². The van der Waals surface area contributed by atoms with Crippen LogP contribution in [0.15, 0.2) is 60.9 Å². The number of hydrogen-bond acceptors (Lipinski definition) is 4. The number of nitrogens with two attached hydrogens (primary N) is 1. The van der Waals surface area contributed by atoms with Crippen molar-refractivity contribution in [1.29, 1.82) is 0 Å². The lowest BCUT2D eigenvalue weighted by atomic mass is 10.0. The van der Waals surface area contributed by atoms with Gasteiger partial charge in [0.2, 0.25) is 5.91 Å². The number of rotatable bonds is 5. The molecule has 1 amide bonds. The summed E-state index contributed by atoms with van der Waals surface area (Å²) in [6, 6.07) is 15.4. The maximum absolute atomic E-state index is 11.4. The van der Waals surface area contributed by atoms with Gasteiger partial charge in [-0.2, -0.15) is 5.10 Å². The summed E-state index contributed by atoms with van der Waals surface area (Å²) in [4.78, 5) is 15.9. The van der Waals surface area contributed by atoms with Crippen molar-refractivity contribution in [2.24, 2.45) is 12.8 Å². The molecule has 0 aliphatic heterocycles. The third kappa shape index (κ3) is 3.44. The Kier molecular flexibility index (Phi) is 4.53. The van der Waals surface area contributed by atoms with Crippen molar-refractivity contribution >= 4 is 16.8 Å². The highest BCUT2D eigenvalue weighted by atomic mass is 16.5. The predicted molar refractivity (Wildman–Crippen MR) is 108 cm³/mol. The minimum absolute atomic E-state index is 0.426. The van der Waals surface area contributed by atoms with E-state index in [1.54, 1.807) is 12.3 Å². The standard InChI is InChI=1S/C22H20N4O2/c1-14-9-16(3-5-19(14)22(23)27)20-10-15(7-8-24-20)13-28-18-4-6-21-17(11-18)12-25-26(21)2/h3-12H,13H2,1-2H3,(H2,23,27). The number of benzene rings is 2. The molecule has 2 heterocycles. The van der Waals surface area contributed by atoms with Gasteiger partial charge in [0.25, 0.3) is 0 Å². The van der Waals surface area contributed by atoms with Crippen molar-refractivity contribution in [1.82, 2.24) is 14.8 Å². The van der Waals surface area contributed by atoms with Crippen molar-refractivity contribution in [3.05, 3.63) is 77.6 Å². The lowest BCUT2D eigenvalue weighted by Gasteiger charge is -2.09. The third-order valence-corrected chi connectivity index (χ3v) is 4.74. The zero-order chi connectivity index (χ0) is 19.7. The highest BCUT2D eigenvalue weighted by molar-refractivity contribution is 5.94. The van der Waals surface area contributed by atoms with E-state index in [1.807, 2.05) is 67.3 Å². The van der Waals surface area contributed by atoms with Crippen molar-refractivity contribution in [2.45, 2.75) is 13.5 Å². The van der Waals surface area contributed by atoms with Gasteiger partial charge < -0.3 is 10.5 Å². The fraction of sp³-hybridized carbons (Fsp3) is 0.136. The van der Waals surface area contributed by atoms with Crippen molar-refractivity contribution in [3.63, 3.8) is 0 Å². The van der Waals surface area contributed by atoms with E-state index >= 15 is 0 Å². The first kappa shape index (κ1) is 17.7. The van der Waals surface area contributed by atoms with Crippen molar-refractivity contribution in [2.75, 3.05) is 0 Å². The molecule has 6 heteroatoms. The van der Waals surface area contributed by atoms with Crippen LogP contribution in [-0.4, -0.2) is 20.7 Å². The van der Waals surface area contributed by atoms with E-state index < -0.39 is 5.91 Å². The van der Waals surface area contributed by atoms with E-state index in [9.17, 15) is 4.79 Å². The molecule has 28 heavy (non-hydrogen) atoms. The molecule has 2 aromatic heterocycles. The summed E-state index contributed by atoms with van der Waals surface area (Å²) >= 11 is 0. The number of hydrogen-bond donors (Lipinski definition) is 1. The summed E-state index contributed by atoms with van der Waals surface area (Å²) in [5.41, 5.74) is 10.6. The molecular formula is C22H20N4O2. The van der Waals surface area contributed by atoms with Gasteiger partial charge in [-0.05, 0) is 60.5 Å². The van der Waals surface area contributed by atoms with E-state index in [-0.39, 0.29) is 0 Å². The van der Waals surface area contributed by atoms with Gasteiger partial charge in [-0.3, -0.25) is 14.5 Å². The Bertz CT molecular complexity index is 1180. The zero-order valence-corrected chi connectivity index (χ0v) is 15.7. The molecule has 0 saturated carbocycles. The number of carbonyl (C=O) groups is 1. The van der Waals surface area contributed by atoms with Crippen LogP contribution < -0.4 is 10.5 Å². The smallest absolute Gasteiger partial charge is 0.248 e. The molecule has 0 unspecified atom stereocenters. The third-order valence-electron chi connectivity index (χ3n) is 4.74. The molecule has 6 nitrogen and oxygen atoms in total. The maximum Gasteiger partial charge on any atom is 0.248 e. The van der Waals surface area contributed by atoms with Crippen LogP contribution in [0.1, 0.15) is 21.5 Å². The Morgan fingerprint density at radius 2 is 2.00 bits per heavy atom. The average molecular weight is 372 g/mol. The van der Waals surface area contributed by atoms with Crippen molar-refractivity contribution in [3.8, 4) is 17.0 Å². The summed E-state index contributed by atoms with van der Waals surface area (Å²) in [7, 11) is 1.92. The van der Waals surface area contributed by atoms with Gasteiger partial charge in [0.05, 0.1) is 17.4 Å². The average Bonchev–Trinajstić information content (AvgIpc) is 3.06. The lowest BCUT2D eigenvalue weighted by Crippen LogP contribution is -2.12. The van der Waals surface area contributed by atoms with Gasteiger partial charge in [0.15, 0.2) is 0 Å². The van der Waals surface area contributed by atoms with Crippen LogP contribution >= 0.6 is 0 Å². The second kappa shape index (κ2) is 7.15. The summed E-state index contributed by atoms with van der Waals surface area (Å²) in [5.74, 6) is 0.366. The van der Waals surface area contributed by atoms with E-state index in [0.29, 0.717) is 12.2 Å². The quantitative estimate of drug-likeness (QED) is 0.580. The highest BCUT2D eigenvalue weighted by Gasteiger charge is 2.08. The van der Waals surface area contributed by atoms with Crippen LogP contribution in [0.25, 0.3) is 22.2 Å². The molecule has 140 valence electrons. The van der Waals surface area contributed by atoms with Gasteiger partial charge in [0, 0.05) is 29.8 Å². The van der Waals surface area contributed by atoms with Gasteiger partial charge in [-0.15, -0.1) is 0 Å². The fourth-order valence-corrected chi connectivity index (χ4v) is 3.22. The molecule has 0 bridgehead atoms. The van der Waals surface area contributed by atoms with Crippen LogP contribution in [0.2, 0.25) is 0 Å². The normalized spacial score (nSPS) is 10.9. The summed E-state index contributed by atoms with van der Waals surface area (Å²) in [6.07, 6.45) is 3.58. The number of primary amides is 1. The maximum atomic E-state index is 11.4. The number of ether oxygens (including phenoxy) is 1. The Morgan fingerprint density at radius 3 is 2.79 bits per heavy atom. The van der Waals surface area contributed by atoms with Crippen LogP contribution in [0.5, 0.6) is 5.75 Å². The summed E-state index contributed by atoms with van der Waals surface area (Å²) in [5, 5.41) is 5.29. The number of pyridine rings is 1. The van der Waals surface area contributed by atoms with E-state index in [4.69, 9.17) is 10.5 Å². The minimum atomic E-state index is -0.426. The molecule has 0 fully saturated rings. The monoisotopic (exact) mass is 372 g/mol. The van der Waals surface area contributed by atoms with Gasteiger partial charge in [-0.25, -0.2) is 0 Å². The molecule has 0 atom stereocenters. The van der Waals surface area contributed by atoms with E-state index in [2.05, 4.69) is 10.1 Å². The molecule has 0 aliphatic rings. The summed E-state index contributed by atoms with van der Waals surface area (Å²) < 4.78 is 7.78. The first-order chi connectivity index (χ1) is 13.5. The molecule has 4 rings (SSSR count). The molecule has 2 aromatic carbocycles. The molecule has 4 aromatic rings. The van der Waals surface area contributed by atoms with Crippen LogP contribution in [0.3, 0.4) is 0 Å². The Morgan fingerprint density at radius 1 is 1.14 bits per heavy atom. The molecule has 0 radical (unpaired) electrons. The Balaban J connectivity index is 1.53. The molecular weight excluding hydrogens is 352 g/mol. The van der Waals surface area contributed by atoms with Crippen LogP contribution in [0, 0.1) is 6.92 Å². The number of nitrogens with zero attached hydrogens (tertiary/aromatic N) is 3. The number of aromatic nitrogens is 3. The van der Waals surface area contributed by atoms with Crippen LogP contribution in [-0.2, 0) is 13.7 Å². The zero-order valence-electron chi connectivity index (χ0n) is 15.7. The van der Waals surface area contributed by atoms with Crippen LogP contribution in [0.4, 0.5) is 0 Å². The number of amides is 1. The SMILES string of the molecule is Cc1cc(-c2cc(COc3ccc4c(cnn4C)c3)ccn2)ccc1C(N)=O. The Hall–Kier alpha value is -3.67. The minimum Gasteiger partial charge on any atom is -0.489 e. The van der Waals surface area contributed by atoms with Gasteiger partial charge in [0.1, 0.15) is 12.4 Å². The van der Waals surface area contributed by atoms with E-state index in [1.165, 1.54) is 0 Å². The van der Waals surface area contributed by atoms with Crippen molar-refractivity contribution < 1.29 is 9.53 Å². The molecule has 0 spiro atoms. The first-order valence-electron chi connectivity index (χ1n) is 8.91. The number of fused-ring (bicyclic) bond motifs is 1. The molecule has 0 saturated heterocycles. The number of carbonyl (C=O) groups excluding carboxylic acids is 1. The lowest BCUT2D eigenvalue weighted by molar-refractivity contribution is 0.0999. The highest BCUT2D eigenvalue weighted by Crippen LogP contribution is 2.23. The second-order valence-electron chi connectivity index (χ2n) is 6.72. The fourth-order valence-electron chi connectivity index (χ4n) is 3.22.